The fraction of sp³-hybridized carbons (Fsp3) is 0.462. The van der Waals surface area contributed by atoms with Crippen LogP contribution in [-0.2, 0) is 14.8 Å². The summed E-state index contributed by atoms with van der Waals surface area (Å²) in [4.78, 5) is 10.9. The van der Waals surface area contributed by atoms with Crippen molar-refractivity contribution in [3.05, 3.63) is 24.3 Å². The Morgan fingerprint density at radius 2 is 1.90 bits per heavy atom. The zero-order chi connectivity index (χ0) is 15.3. The van der Waals surface area contributed by atoms with Gasteiger partial charge in [0.15, 0.2) is 0 Å². The summed E-state index contributed by atoms with van der Waals surface area (Å²) in [6, 6.07) is 5.41. The minimum Gasteiger partial charge on any atom is -0.497 e. The van der Waals surface area contributed by atoms with E-state index < -0.39 is 22.0 Å². The molecule has 1 aromatic carbocycles. The van der Waals surface area contributed by atoms with Crippen LogP contribution in [0.5, 0.6) is 5.75 Å². The number of nitrogens with zero attached hydrogens (tertiary/aromatic N) is 1. The van der Waals surface area contributed by atoms with Gasteiger partial charge in [0.1, 0.15) is 5.75 Å². The zero-order valence-electron chi connectivity index (χ0n) is 11.7. The van der Waals surface area contributed by atoms with Gasteiger partial charge in [-0.05, 0) is 31.2 Å². The van der Waals surface area contributed by atoms with Gasteiger partial charge in [0.2, 0.25) is 10.0 Å². The summed E-state index contributed by atoms with van der Waals surface area (Å²) in [6.45, 7) is 3.47. The number of carboxylic acids is 1. The van der Waals surface area contributed by atoms with Crippen LogP contribution in [0.25, 0.3) is 0 Å². The molecular weight excluding hydrogens is 282 g/mol. The standard InChI is InChI=1S/C13H19NO5S/c1-4-14(10(2)9-13(15)16)20(17,18)12-7-5-11(19-3)6-8-12/h5-8,10H,4,9H2,1-3H3,(H,15,16). The Kier molecular flexibility index (Phi) is 5.52. The van der Waals surface area contributed by atoms with Gasteiger partial charge in [-0.1, -0.05) is 6.92 Å². The van der Waals surface area contributed by atoms with Crippen LogP contribution >= 0.6 is 0 Å². The lowest BCUT2D eigenvalue weighted by Gasteiger charge is -2.26. The summed E-state index contributed by atoms with van der Waals surface area (Å²) in [5.41, 5.74) is 0. The molecule has 0 spiro atoms. The van der Waals surface area contributed by atoms with E-state index in [9.17, 15) is 13.2 Å². The molecule has 0 amide bonds. The van der Waals surface area contributed by atoms with Gasteiger partial charge in [0, 0.05) is 12.6 Å². The highest BCUT2D eigenvalue weighted by atomic mass is 32.2. The van der Waals surface area contributed by atoms with Gasteiger partial charge >= 0.3 is 5.97 Å². The Morgan fingerprint density at radius 3 is 2.30 bits per heavy atom. The molecule has 1 N–H and O–H groups in total. The molecule has 0 saturated heterocycles. The van der Waals surface area contributed by atoms with E-state index in [1.807, 2.05) is 0 Å². The first-order chi connectivity index (χ1) is 9.32. The van der Waals surface area contributed by atoms with Crippen molar-refractivity contribution in [3.63, 3.8) is 0 Å². The van der Waals surface area contributed by atoms with Crippen molar-refractivity contribution in [1.82, 2.24) is 4.31 Å². The number of hydrogen-bond acceptors (Lipinski definition) is 4. The predicted octanol–water partition coefficient (Wildman–Crippen LogP) is 1.57. The average Bonchev–Trinajstić information content (AvgIpc) is 2.38. The van der Waals surface area contributed by atoms with Gasteiger partial charge in [-0.25, -0.2) is 8.42 Å². The molecule has 112 valence electrons. The van der Waals surface area contributed by atoms with Crippen LogP contribution in [0.2, 0.25) is 0 Å². The third kappa shape index (κ3) is 3.71. The second-order valence-electron chi connectivity index (χ2n) is 4.33. The maximum absolute atomic E-state index is 12.5. The smallest absolute Gasteiger partial charge is 0.304 e. The molecule has 0 radical (unpaired) electrons. The Balaban J connectivity index is 3.07. The Bertz CT molecular complexity index is 553. The fourth-order valence-electron chi connectivity index (χ4n) is 1.96. The van der Waals surface area contributed by atoms with Crippen molar-refractivity contribution in [1.29, 1.82) is 0 Å². The lowest BCUT2D eigenvalue weighted by atomic mass is 10.2. The highest BCUT2D eigenvalue weighted by Crippen LogP contribution is 2.21. The van der Waals surface area contributed by atoms with Crippen LogP contribution in [0.3, 0.4) is 0 Å². The molecule has 0 aliphatic rings. The molecule has 1 atom stereocenters. The van der Waals surface area contributed by atoms with E-state index >= 15 is 0 Å². The van der Waals surface area contributed by atoms with Gasteiger partial charge in [0.05, 0.1) is 18.4 Å². The molecule has 0 aromatic heterocycles. The first-order valence-electron chi connectivity index (χ1n) is 6.20. The van der Waals surface area contributed by atoms with E-state index in [-0.39, 0.29) is 17.9 Å². The average molecular weight is 301 g/mol. The number of aliphatic carboxylic acids is 1. The molecular formula is C13H19NO5S. The molecule has 1 aromatic rings. The lowest BCUT2D eigenvalue weighted by Crippen LogP contribution is -2.39. The number of carbonyl (C=O) groups is 1. The monoisotopic (exact) mass is 301 g/mol. The van der Waals surface area contributed by atoms with Crippen LogP contribution in [0.15, 0.2) is 29.2 Å². The number of methoxy groups -OCH3 is 1. The Hall–Kier alpha value is -1.60. The van der Waals surface area contributed by atoms with E-state index in [2.05, 4.69) is 0 Å². The maximum atomic E-state index is 12.5. The summed E-state index contributed by atoms with van der Waals surface area (Å²) in [5.74, 6) is -0.466. The van der Waals surface area contributed by atoms with Crippen molar-refractivity contribution in [2.75, 3.05) is 13.7 Å². The van der Waals surface area contributed by atoms with Crippen molar-refractivity contribution in [2.45, 2.75) is 31.2 Å². The lowest BCUT2D eigenvalue weighted by molar-refractivity contribution is -0.137. The Labute approximate surface area is 119 Å². The number of ether oxygens (including phenoxy) is 1. The highest BCUT2D eigenvalue weighted by molar-refractivity contribution is 7.89. The highest BCUT2D eigenvalue weighted by Gasteiger charge is 2.28. The summed E-state index contributed by atoms with van der Waals surface area (Å²) >= 11 is 0. The van der Waals surface area contributed by atoms with E-state index in [4.69, 9.17) is 9.84 Å². The second-order valence-corrected chi connectivity index (χ2v) is 6.22. The number of benzene rings is 1. The van der Waals surface area contributed by atoms with Gasteiger partial charge in [-0.3, -0.25) is 4.79 Å². The predicted molar refractivity (Wildman–Crippen MR) is 74.3 cm³/mol. The molecule has 0 aliphatic carbocycles. The molecule has 7 heteroatoms. The molecule has 0 bridgehead atoms. The summed E-state index contributed by atoms with van der Waals surface area (Å²) in [5, 5.41) is 8.79. The van der Waals surface area contributed by atoms with Crippen molar-refractivity contribution < 1.29 is 23.1 Å². The largest absolute Gasteiger partial charge is 0.497 e. The minimum atomic E-state index is -3.71. The zero-order valence-corrected chi connectivity index (χ0v) is 12.6. The van der Waals surface area contributed by atoms with Crippen LogP contribution in [0, 0.1) is 0 Å². The van der Waals surface area contributed by atoms with Gasteiger partial charge in [-0.2, -0.15) is 4.31 Å². The van der Waals surface area contributed by atoms with Crippen LogP contribution in [-0.4, -0.2) is 43.5 Å². The van der Waals surface area contributed by atoms with Crippen LogP contribution in [0.1, 0.15) is 20.3 Å². The fourth-order valence-corrected chi connectivity index (χ4v) is 3.60. The van der Waals surface area contributed by atoms with Gasteiger partial charge in [-0.15, -0.1) is 0 Å². The molecule has 0 heterocycles. The summed E-state index contributed by atoms with van der Waals surface area (Å²) < 4.78 is 31.1. The normalized spacial score (nSPS) is 13.2. The van der Waals surface area contributed by atoms with Crippen molar-refractivity contribution >= 4 is 16.0 Å². The third-order valence-electron chi connectivity index (χ3n) is 2.94. The topological polar surface area (TPSA) is 83.9 Å². The minimum absolute atomic E-state index is 0.123. The molecule has 0 aliphatic heterocycles. The third-order valence-corrected chi connectivity index (χ3v) is 5.04. The molecule has 6 nitrogen and oxygen atoms in total. The van der Waals surface area contributed by atoms with E-state index in [1.165, 1.54) is 23.5 Å². The first-order valence-corrected chi connectivity index (χ1v) is 7.64. The van der Waals surface area contributed by atoms with E-state index in [0.29, 0.717) is 5.75 Å². The molecule has 1 unspecified atom stereocenters. The van der Waals surface area contributed by atoms with Crippen molar-refractivity contribution in [2.24, 2.45) is 0 Å². The maximum Gasteiger partial charge on any atom is 0.304 e. The van der Waals surface area contributed by atoms with Gasteiger partial charge in [0.25, 0.3) is 0 Å². The number of rotatable bonds is 7. The summed E-state index contributed by atoms with van der Waals surface area (Å²) in [6.07, 6.45) is -0.233. The molecule has 1 rings (SSSR count). The summed E-state index contributed by atoms with van der Waals surface area (Å²) in [7, 11) is -2.21. The second kappa shape index (κ2) is 6.71. The van der Waals surface area contributed by atoms with E-state index in [0.717, 1.165) is 0 Å². The number of carboxylic acid groups (broad SMARTS) is 1. The Morgan fingerprint density at radius 1 is 1.35 bits per heavy atom. The van der Waals surface area contributed by atoms with Crippen molar-refractivity contribution in [3.8, 4) is 5.75 Å². The first kappa shape index (κ1) is 16.5. The van der Waals surface area contributed by atoms with Gasteiger partial charge < -0.3 is 9.84 Å². The van der Waals surface area contributed by atoms with E-state index in [1.54, 1.807) is 26.0 Å². The van der Waals surface area contributed by atoms with Crippen LogP contribution in [0.4, 0.5) is 0 Å². The molecule has 0 fully saturated rings. The molecule has 20 heavy (non-hydrogen) atoms. The van der Waals surface area contributed by atoms with Crippen LogP contribution < -0.4 is 4.74 Å². The molecule has 0 saturated carbocycles. The number of hydrogen-bond donors (Lipinski definition) is 1. The number of sulfonamides is 1. The SMILES string of the molecule is CCN(C(C)CC(=O)O)S(=O)(=O)c1ccc(OC)cc1. The quantitative estimate of drug-likeness (QED) is 0.826.